The van der Waals surface area contributed by atoms with Crippen LogP contribution in [0.25, 0.3) is 0 Å². The van der Waals surface area contributed by atoms with E-state index in [-0.39, 0.29) is 18.1 Å². The normalized spacial score (nSPS) is 16.6. The van der Waals surface area contributed by atoms with Gasteiger partial charge in [0.05, 0.1) is 12.5 Å². The summed E-state index contributed by atoms with van der Waals surface area (Å²) < 4.78 is 13.2. The van der Waals surface area contributed by atoms with Crippen molar-refractivity contribution in [3.63, 3.8) is 0 Å². The Bertz CT molecular complexity index is 700. The number of rotatable bonds is 5. The zero-order valence-corrected chi connectivity index (χ0v) is 14.1. The number of halogens is 1. The molecule has 5 heteroatoms. The van der Waals surface area contributed by atoms with Gasteiger partial charge in [-0.1, -0.05) is 42.5 Å². The largest absolute Gasteiger partial charge is 0.387 e. The van der Waals surface area contributed by atoms with Gasteiger partial charge in [-0.3, -0.25) is 9.69 Å². The van der Waals surface area contributed by atoms with Gasteiger partial charge in [-0.15, -0.1) is 0 Å². The van der Waals surface area contributed by atoms with Crippen LogP contribution >= 0.6 is 0 Å². The number of benzene rings is 2. The van der Waals surface area contributed by atoms with Gasteiger partial charge in [0.25, 0.3) is 0 Å². The first-order valence-corrected chi connectivity index (χ1v) is 8.59. The summed E-state index contributed by atoms with van der Waals surface area (Å²) in [6.07, 6.45) is -0.291. The Morgan fingerprint density at radius 3 is 2.44 bits per heavy atom. The number of carbonyl (C=O) groups excluding carboxylic acids is 1. The molecular weight excluding hydrogens is 319 g/mol. The molecule has 1 aliphatic heterocycles. The van der Waals surface area contributed by atoms with Crippen LogP contribution in [0.4, 0.5) is 4.39 Å². The predicted octanol–water partition coefficient (Wildman–Crippen LogP) is 2.25. The minimum absolute atomic E-state index is 0.0221. The number of hydrogen-bond donors (Lipinski definition) is 1. The molecule has 0 saturated carbocycles. The van der Waals surface area contributed by atoms with E-state index in [4.69, 9.17) is 0 Å². The minimum Gasteiger partial charge on any atom is -0.387 e. The lowest BCUT2D eigenvalue weighted by atomic mass is 10.1. The number of hydrogen-bond acceptors (Lipinski definition) is 3. The van der Waals surface area contributed by atoms with E-state index in [0.29, 0.717) is 25.2 Å². The average Bonchev–Trinajstić information content (AvgIpc) is 2.63. The van der Waals surface area contributed by atoms with E-state index in [9.17, 15) is 14.3 Å². The van der Waals surface area contributed by atoms with Crippen molar-refractivity contribution < 1.29 is 14.3 Å². The maximum Gasteiger partial charge on any atom is 0.227 e. The summed E-state index contributed by atoms with van der Waals surface area (Å²) in [5, 5.41) is 10.3. The van der Waals surface area contributed by atoms with Gasteiger partial charge in [0.1, 0.15) is 5.82 Å². The van der Waals surface area contributed by atoms with Crippen LogP contribution in [-0.2, 0) is 11.2 Å². The van der Waals surface area contributed by atoms with Crippen LogP contribution in [0.2, 0.25) is 0 Å². The Balaban J connectivity index is 1.47. The third-order valence-electron chi connectivity index (χ3n) is 4.58. The summed E-state index contributed by atoms with van der Waals surface area (Å²) in [5.41, 5.74) is 1.61. The van der Waals surface area contributed by atoms with E-state index in [1.165, 1.54) is 12.1 Å². The van der Waals surface area contributed by atoms with Crippen molar-refractivity contribution in [2.24, 2.45) is 0 Å². The number of nitrogens with zero attached hydrogens (tertiary/aromatic N) is 2. The minimum atomic E-state index is -0.518. The predicted molar refractivity (Wildman–Crippen MR) is 94.5 cm³/mol. The maximum absolute atomic E-state index is 13.2. The van der Waals surface area contributed by atoms with Gasteiger partial charge in [-0.25, -0.2) is 4.39 Å². The van der Waals surface area contributed by atoms with Crippen LogP contribution in [-0.4, -0.2) is 53.5 Å². The molecular formula is C20H23FN2O2. The summed E-state index contributed by atoms with van der Waals surface area (Å²) in [7, 11) is 0. The van der Waals surface area contributed by atoms with Crippen molar-refractivity contribution in [3.05, 3.63) is 71.5 Å². The molecule has 1 aliphatic rings. The van der Waals surface area contributed by atoms with Gasteiger partial charge in [-0.2, -0.15) is 0 Å². The number of piperazine rings is 1. The lowest BCUT2D eigenvalue weighted by Gasteiger charge is -2.35. The van der Waals surface area contributed by atoms with E-state index in [0.717, 1.165) is 18.7 Å². The van der Waals surface area contributed by atoms with Crippen LogP contribution in [0, 0.1) is 5.82 Å². The highest BCUT2D eigenvalue weighted by molar-refractivity contribution is 5.78. The van der Waals surface area contributed by atoms with E-state index in [1.807, 2.05) is 35.2 Å². The second-order valence-corrected chi connectivity index (χ2v) is 6.41. The standard InChI is InChI=1S/C20H23FN2O2/c21-18-8-4-5-16(13-18)14-20(25)23-11-9-22(10-12-23)15-19(24)17-6-2-1-3-7-17/h1-8,13,19,24H,9-12,14-15H2/t19-/m1/s1. The van der Waals surface area contributed by atoms with Gasteiger partial charge in [-0.05, 0) is 23.3 Å². The lowest BCUT2D eigenvalue weighted by Crippen LogP contribution is -2.50. The van der Waals surface area contributed by atoms with Crippen LogP contribution in [0.1, 0.15) is 17.2 Å². The SMILES string of the molecule is O=C(Cc1cccc(F)c1)N1CCN(C[C@@H](O)c2ccccc2)CC1. The molecule has 1 heterocycles. The first-order chi connectivity index (χ1) is 12.1. The topological polar surface area (TPSA) is 43.8 Å². The summed E-state index contributed by atoms with van der Waals surface area (Å²) in [6, 6.07) is 15.8. The fourth-order valence-electron chi connectivity index (χ4n) is 3.14. The molecule has 1 saturated heterocycles. The Morgan fingerprint density at radius 1 is 1.04 bits per heavy atom. The molecule has 0 aliphatic carbocycles. The Kier molecular flexibility index (Phi) is 5.79. The molecule has 0 unspecified atom stereocenters. The molecule has 3 rings (SSSR count). The van der Waals surface area contributed by atoms with Crippen molar-refractivity contribution in [2.45, 2.75) is 12.5 Å². The maximum atomic E-state index is 13.2. The first-order valence-electron chi connectivity index (χ1n) is 8.59. The Hall–Kier alpha value is -2.24. The summed E-state index contributed by atoms with van der Waals surface area (Å²) in [5.74, 6) is -0.293. The van der Waals surface area contributed by atoms with Crippen LogP contribution in [0.5, 0.6) is 0 Å². The molecule has 0 bridgehead atoms. The molecule has 2 aromatic carbocycles. The van der Waals surface area contributed by atoms with E-state index in [1.54, 1.807) is 12.1 Å². The number of carbonyl (C=O) groups is 1. The van der Waals surface area contributed by atoms with Crippen molar-refractivity contribution in [2.75, 3.05) is 32.7 Å². The molecule has 2 aromatic rings. The fourth-order valence-corrected chi connectivity index (χ4v) is 3.14. The number of β-amino-alcohol motifs (C(OH)–C–C–N with tert-alkyl or cyclic N) is 1. The van der Waals surface area contributed by atoms with Gasteiger partial charge >= 0.3 is 0 Å². The van der Waals surface area contributed by atoms with E-state index < -0.39 is 6.10 Å². The van der Waals surface area contributed by atoms with Crippen molar-refractivity contribution >= 4 is 5.91 Å². The molecule has 0 radical (unpaired) electrons. The summed E-state index contributed by atoms with van der Waals surface area (Å²) in [4.78, 5) is 16.4. The smallest absolute Gasteiger partial charge is 0.227 e. The number of aliphatic hydroxyl groups is 1. The van der Waals surface area contributed by atoms with Crippen LogP contribution in [0.3, 0.4) is 0 Å². The quantitative estimate of drug-likeness (QED) is 0.906. The molecule has 1 amide bonds. The molecule has 25 heavy (non-hydrogen) atoms. The molecule has 1 atom stereocenters. The molecule has 132 valence electrons. The number of amides is 1. The zero-order valence-electron chi connectivity index (χ0n) is 14.1. The third-order valence-corrected chi connectivity index (χ3v) is 4.58. The molecule has 0 spiro atoms. The molecule has 4 nitrogen and oxygen atoms in total. The lowest BCUT2D eigenvalue weighted by molar-refractivity contribution is -0.132. The Morgan fingerprint density at radius 2 is 1.76 bits per heavy atom. The van der Waals surface area contributed by atoms with Crippen molar-refractivity contribution in [1.82, 2.24) is 9.80 Å². The second-order valence-electron chi connectivity index (χ2n) is 6.41. The first kappa shape index (κ1) is 17.6. The van der Waals surface area contributed by atoms with Gasteiger partial charge < -0.3 is 10.0 Å². The highest BCUT2D eigenvalue weighted by atomic mass is 19.1. The second kappa shape index (κ2) is 8.23. The monoisotopic (exact) mass is 342 g/mol. The van der Waals surface area contributed by atoms with Gasteiger partial charge in [0.2, 0.25) is 5.91 Å². The van der Waals surface area contributed by atoms with Crippen molar-refractivity contribution in [3.8, 4) is 0 Å². The number of aliphatic hydroxyl groups excluding tert-OH is 1. The Labute approximate surface area is 147 Å². The summed E-state index contributed by atoms with van der Waals surface area (Å²) >= 11 is 0. The van der Waals surface area contributed by atoms with Gasteiger partial charge in [0.15, 0.2) is 0 Å². The zero-order chi connectivity index (χ0) is 17.6. The third kappa shape index (κ3) is 4.87. The fraction of sp³-hybridized carbons (Fsp3) is 0.350. The van der Waals surface area contributed by atoms with Gasteiger partial charge in [0, 0.05) is 32.7 Å². The van der Waals surface area contributed by atoms with Crippen LogP contribution in [0.15, 0.2) is 54.6 Å². The van der Waals surface area contributed by atoms with Crippen LogP contribution < -0.4 is 0 Å². The van der Waals surface area contributed by atoms with E-state index in [2.05, 4.69) is 4.90 Å². The van der Waals surface area contributed by atoms with E-state index >= 15 is 0 Å². The molecule has 1 fully saturated rings. The molecule has 1 N–H and O–H groups in total. The summed E-state index contributed by atoms with van der Waals surface area (Å²) in [6.45, 7) is 3.30. The average molecular weight is 342 g/mol. The highest BCUT2D eigenvalue weighted by Crippen LogP contribution is 2.15. The highest BCUT2D eigenvalue weighted by Gasteiger charge is 2.23. The molecule has 0 aromatic heterocycles. The van der Waals surface area contributed by atoms with Crippen molar-refractivity contribution in [1.29, 1.82) is 0 Å².